The summed E-state index contributed by atoms with van der Waals surface area (Å²) in [4.78, 5) is 34.3. The largest absolute Gasteiger partial charge is 0.485 e. The van der Waals surface area contributed by atoms with E-state index >= 15 is 0 Å². The zero-order valence-corrected chi connectivity index (χ0v) is 15.1. The molecule has 0 saturated carbocycles. The SMILES string of the molecule is CC(=O)N1CCC[C@@H]1C(=O)N1CC[C@@H](Oc2cccnc2N(C)C)C1. The second-order valence-corrected chi connectivity index (χ2v) is 6.90. The normalized spacial score (nSPS) is 23.0. The molecule has 0 bridgehead atoms. The third-order valence-corrected chi connectivity index (χ3v) is 4.87. The van der Waals surface area contributed by atoms with Gasteiger partial charge in [0.1, 0.15) is 12.1 Å². The van der Waals surface area contributed by atoms with Crippen LogP contribution in [0.25, 0.3) is 0 Å². The van der Waals surface area contributed by atoms with Crippen molar-refractivity contribution in [3.05, 3.63) is 18.3 Å². The second kappa shape index (κ2) is 7.29. The van der Waals surface area contributed by atoms with Gasteiger partial charge in [-0.3, -0.25) is 9.59 Å². The molecule has 0 aromatic carbocycles. The highest BCUT2D eigenvalue weighted by Gasteiger charge is 2.38. The Morgan fingerprint density at radius 3 is 2.80 bits per heavy atom. The van der Waals surface area contributed by atoms with Crippen molar-refractivity contribution in [3.63, 3.8) is 0 Å². The van der Waals surface area contributed by atoms with Gasteiger partial charge in [-0.25, -0.2) is 4.98 Å². The van der Waals surface area contributed by atoms with Crippen LogP contribution in [-0.4, -0.2) is 72.5 Å². The van der Waals surface area contributed by atoms with Crippen molar-refractivity contribution in [2.24, 2.45) is 0 Å². The maximum atomic E-state index is 12.8. The molecule has 3 heterocycles. The summed E-state index contributed by atoms with van der Waals surface area (Å²) in [6.07, 6.45) is 4.14. The van der Waals surface area contributed by atoms with Gasteiger partial charge < -0.3 is 19.4 Å². The second-order valence-electron chi connectivity index (χ2n) is 6.90. The van der Waals surface area contributed by atoms with Gasteiger partial charge in [-0.15, -0.1) is 0 Å². The molecule has 7 heteroatoms. The highest BCUT2D eigenvalue weighted by molar-refractivity contribution is 5.87. The van der Waals surface area contributed by atoms with E-state index in [1.807, 2.05) is 36.0 Å². The average molecular weight is 346 g/mol. The van der Waals surface area contributed by atoms with Crippen LogP contribution in [0.5, 0.6) is 5.75 Å². The Hall–Kier alpha value is -2.31. The van der Waals surface area contributed by atoms with E-state index in [1.54, 1.807) is 11.1 Å². The molecule has 7 nitrogen and oxygen atoms in total. The summed E-state index contributed by atoms with van der Waals surface area (Å²) >= 11 is 0. The van der Waals surface area contributed by atoms with Crippen molar-refractivity contribution < 1.29 is 14.3 Å². The number of amides is 2. The van der Waals surface area contributed by atoms with E-state index in [2.05, 4.69) is 4.98 Å². The first-order valence-corrected chi connectivity index (χ1v) is 8.82. The van der Waals surface area contributed by atoms with E-state index < -0.39 is 0 Å². The van der Waals surface area contributed by atoms with Crippen molar-refractivity contribution in [3.8, 4) is 5.75 Å². The number of hydrogen-bond donors (Lipinski definition) is 0. The van der Waals surface area contributed by atoms with Crippen LogP contribution in [0.2, 0.25) is 0 Å². The monoisotopic (exact) mass is 346 g/mol. The van der Waals surface area contributed by atoms with Crippen LogP contribution < -0.4 is 9.64 Å². The number of carbonyl (C=O) groups excluding carboxylic acids is 2. The molecule has 2 aliphatic heterocycles. The third-order valence-electron chi connectivity index (χ3n) is 4.87. The molecule has 2 atom stereocenters. The summed E-state index contributed by atoms with van der Waals surface area (Å²) in [6.45, 7) is 3.44. The summed E-state index contributed by atoms with van der Waals surface area (Å²) in [7, 11) is 3.85. The maximum absolute atomic E-state index is 12.8. The number of hydrogen-bond acceptors (Lipinski definition) is 5. The zero-order chi connectivity index (χ0) is 18.0. The summed E-state index contributed by atoms with van der Waals surface area (Å²) in [5.41, 5.74) is 0. The molecule has 2 aliphatic rings. The molecule has 0 N–H and O–H groups in total. The number of aromatic nitrogens is 1. The van der Waals surface area contributed by atoms with Gasteiger partial charge in [-0.1, -0.05) is 0 Å². The number of pyridine rings is 1. The van der Waals surface area contributed by atoms with Crippen LogP contribution in [0.3, 0.4) is 0 Å². The van der Waals surface area contributed by atoms with Gasteiger partial charge in [0, 0.05) is 46.7 Å². The third kappa shape index (κ3) is 3.70. The first-order valence-electron chi connectivity index (χ1n) is 8.82. The van der Waals surface area contributed by atoms with Gasteiger partial charge in [0.05, 0.1) is 6.54 Å². The number of rotatable bonds is 4. The van der Waals surface area contributed by atoms with E-state index in [0.29, 0.717) is 19.6 Å². The van der Waals surface area contributed by atoms with Gasteiger partial charge in [0.2, 0.25) is 11.8 Å². The van der Waals surface area contributed by atoms with Gasteiger partial charge >= 0.3 is 0 Å². The van der Waals surface area contributed by atoms with E-state index in [0.717, 1.165) is 30.8 Å². The van der Waals surface area contributed by atoms with Crippen LogP contribution in [0.4, 0.5) is 5.82 Å². The van der Waals surface area contributed by atoms with E-state index in [1.165, 1.54) is 6.92 Å². The molecule has 0 spiro atoms. The van der Waals surface area contributed by atoms with Gasteiger partial charge in [-0.05, 0) is 25.0 Å². The van der Waals surface area contributed by atoms with Crippen LogP contribution in [0.15, 0.2) is 18.3 Å². The van der Waals surface area contributed by atoms with Gasteiger partial charge in [-0.2, -0.15) is 0 Å². The molecule has 25 heavy (non-hydrogen) atoms. The Morgan fingerprint density at radius 2 is 2.08 bits per heavy atom. The van der Waals surface area contributed by atoms with Crippen molar-refractivity contribution in [1.82, 2.24) is 14.8 Å². The lowest BCUT2D eigenvalue weighted by molar-refractivity contribution is -0.142. The first kappa shape index (κ1) is 17.5. The number of ether oxygens (including phenoxy) is 1. The molecule has 2 fully saturated rings. The Morgan fingerprint density at radius 1 is 1.28 bits per heavy atom. The Kier molecular flexibility index (Phi) is 5.11. The van der Waals surface area contributed by atoms with Crippen molar-refractivity contribution >= 4 is 17.6 Å². The van der Waals surface area contributed by atoms with Crippen LogP contribution in [0.1, 0.15) is 26.2 Å². The fourth-order valence-corrected chi connectivity index (χ4v) is 3.63. The summed E-state index contributed by atoms with van der Waals surface area (Å²) < 4.78 is 6.11. The quantitative estimate of drug-likeness (QED) is 0.818. The number of anilines is 1. The predicted molar refractivity (Wildman–Crippen MR) is 94.6 cm³/mol. The molecule has 0 unspecified atom stereocenters. The lowest BCUT2D eigenvalue weighted by atomic mass is 10.2. The van der Waals surface area contributed by atoms with Crippen molar-refractivity contribution in [1.29, 1.82) is 0 Å². The molecule has 0 aliphatic carbocycles. The van der Waals surface area contributed by atoms with Gasteiger partial charge in [0.25, 0.3) is 0 Å². The minimum absolute atomic E-state index is 0.0196. The van der Waals surface area contributed by atoms with Crippen LogP contribution in [-0.2, 0) is 9.59 Å². The minimum Gasteiger partial charge on any atom is -0.485 e. The average Bonchev–Trinajstić information content (AvgIpc) is 3.24. The Bertz CT molecular complexity index is 649. The molecule has 1 aromatic rings. The molecule has 3 rings (SSSR count). The molecule has 0 radical (unpaired) electrons. The molecule has 2 saturated heterocycles. The van der Waals surface area contributed by atoms with E-state index in [4.69, 9.17) is 4.74 Å². The molecule has 1 aromatic heterocycles. The Labute approximate surface area is 148 Å². The fraction of sp³-hybridized carbons (Fsp3) is 0.611. The fourth-order valence-electron chi connectivity index (χ4n) is 3.63. The Balaban J connectivity index is 1.62. The van der Waals surface area contributed by atoms with Crippen molar-refractivity contribution in [2.45, 2.75) is 38.3 Å². The maximum Gasteiger partial charge on any atom is 0.245 e. The molecular formula is C18H26N4O3. The lowest BCUT2D eigenvalue weighted by Crippen LogP contribution is -2.46. The number of carbonyl (C=O) groups is 2. The summed E-state index contributed by atoms with van der Waals surface area (Å²) in [6, 6.07) is 3.46. The molecule has 136 valence electrons. The van der Waals surface area contributed by atoms with E-state index in [-0.39, 0.29) is 24.0 Å². The van der Waals surface area contributed by atoms with Crippen LogP contribution >= 0.6 is 0 Å². The predicted octanol–water partition coefficient (Wildman–Crippen LogP) is 1.14. The molecular weight excluding hydrogens is 320 g/mol. The van der Waals surface area contributed by atoms with Gasteiger partial charge in [0.15, 0.2) is 11.6 Å². The smallest absolute Gasteiger partial charge is 0.245 e. The standard InChI is InChI=1S/C18H26N4O3/c1-13(23)22-10-5-6-15(22)18(24)21-11-8-14(12-21)25-16-7-4-9-19-17(16)20(2)3/h4,7,9,14-15H,5-6,8,10-12H2,1-3H3/t14-,15-/m1/s1. The van der Waals surface area contributed by atoms with Crippen molar-refractivity contribution in [2.75, 3.05) is 38.6 Å². The first-order chi connectivity index (χ1) is 12.0. The highest BCUT2D eigenvalue weighted by atomic mass is 16.5. The summed E-state index contributed by atoms with van der Waals surface area (Å²) in [5.74, 6) is 1.55. The number of likely N-dealkylation sites (tertiary alicyclic amines) is 2. The van der Waals surface area contributed by atoms with E-state index in [9.17, 15) is 9.59 Å². The van der Waals surface area contributed by atoms with Crippen LogP contribution in [0, 0.1) is 0 Å². The zero-order valence-electron chi connectivity index (χ0n) is 15.1. The topological polar surface area (TPSA) is 66.0 Å². The minimum atomic E-state index is -0.299. The number of nitrogens with zero attached hydrogens (tertiary/aromatic N) is 4. The lowest BCUT2D eigenvalue weighted by Gasteiger charge is -2.27. The molecule has 2 amide bonds. The highest BCUT2D eigenvalue weighted by Crippen LogP contribution is 2.28. The summed E-state index contributed by atoms with van der Waals surface area (Å²) in [5, 5.41) is 0.